The molecule has 0 aliphatic heterocycles. The molecule has 4 heteroatoms. The fourth-order valence-corrected chi connectivity index (χ4v) is 0.810. The lowest BCUT2D eigenvalue weighted by molar-refractivity contribution is -0.120. The molecule has 0 aromatic heterocycles. The number of rotatable bonds is 6. The number of aliphatic hydroxyl groups is 1. The molecule has 2 N–H and O–H groups in total. The lowest BCUT2D eigenvalue weighted by Gasteiger charge is -2.01. The third kappa shape index (κ3) is 7.62. The molecule has 0 aliphatic carbocycles. The van der Waals surface area contributed by atoms with Gasteiger partial charge in [-0.1, -0.05) is 0 Å². The van der Waals surface area contributed by atoms with E-state index < -0.39 is 0 Å². The highest BCUT2D eigenvalue weighted by Crippen LogP contribution is 1.86. The largest absolute Gasteiger partial charge is 0.396 e. The van der Waals surface area contributed by atoms with E-state index in [9.17, 15) is 4.79 Å². The van der Waals surface area contributed by atoms with Crippen LogP contribution in [0.4, 0.5) is 0 Å². The number of hydrogen-bond donors (Lipinski definition) is 2. The van der Waals surface area contributed by atoms with Crippen molar-refractivity contribution in [1.29, 1.82) is 0 Å². The minimum absolute atomic E-state index is 0.0158. The molecule has 0 unspecified atom stereocenters. The summed E-state index contributed by atoms with van der Waals surface area (Å²) in [4.78, 5) is 10.7. The van der Waals surface area contributed by atoms with Crippen molar-refractivity contribution in [3.05, 3.63) is 0 Å². The first-order chi connectivity index (χ1) is 5.31. The van der Waals surface area contributed by atoms with Gasteiger partial charge in [0, 0.05) is 25.5 Å². The summed E-state index contributed by atoms with van der Waals surface area (Å²) in [5, 5.41) is 11.1. The number of halogens is 1. The predicted octanol–water partition coefficient (Wildman–Crippen LogP) is 0.504. The molecule has 0 aromatic carbocycles. The Balaban J connectivity index is 3.04. The summed E-state index contributed by atoms with van der Waals surface area (Å²) >= 11 is 5.34. The molecule has 66 valence electrons. The van der Waals surface area contributed by atoms with Gasteiger partial charge in [-0.15, -0.1) is 11.6 Å². The lowest BCUT2D eigenvalue weighted by Crippen LogP contribution is -2.24. The van der Waals surface area contributed by atoms with E-state index in [1.54, 1.807) is 0 Å². The first kappa shape index (κ1) is 10.7. The Morgan fingerprint density at radius 1 is 1.45 bits per heavy atom. The molecule has 0 rings (SSSR count). The number of aliphatic hydroxyl groups excluding tert-OH is 1. The van der Waals surface area contributed by atoms with Gasteiger partial charge < -0.3 is 10.4 Å². The van der Waals surface area contributed by atoms with E-state index in [1.165, 1.54) is 0 Å². The van der Waals surface area contributed by atoms with E-state index in [2.05, 4.69) is 5.32 Å². The van der Waals surface area contributed by atoms with Gasteiger partial charge in [-0.3, -0.25) is 4.79 Å². The van der Waals surface area contributed by atoms with Gasteiger partial charge in [-0.25, -0.2) is 0 Å². The number of amides is 1. The Bertz CT molecular complexity index is 109. The van der Waals surface area contributed by atoms with Crippen molar-refractivity contribution in [2.45, 2.75) is 19.3 Å². The van der Waals surface area contributed by atoms with Gasteiger partial charge in [-0.2, -0.15) is 0 Å². The summed E-state index contributed by atoms with van der Waals surface area (Å²) in [5.74, 6) is 0.351. The second-order valence-corrected chi connectivity index (χ2v) is 2.60. The van der Waals surface area contributed by atoms with Crippen molar-refractivity contribution in [2.75, 3.05) is 19.0 Å². The van der Waals surface area contributed by atoms with Crippen LogP contribution in [0.1, 0.15) is 19.3 Å². The highest BCUT2D eigenvalue weighted by atomic mass is 35.5. The number of alkyl halides is 1. The van der Waals surface area contributed by atoms with Crippen LogP contribution >= 0.6 is 11.6 Å². The molecule has 3 nitrogen and oxygen atoms in total. The quantitative estimate of drug-likeness (QED) is 0.461. The van der Waals surface area contributed by atoms with Crippen molar-refractivity contribution < 1.29 is 9.90 Å². The molecular weight excluding hydrogens is 166 g/mol. The topological polar surface area (TPSA) is 49.3 Å². The minimum Gasteiger partial charge on any atom is -0.396 e. The highest BCUT2D eigenvalue weighted by molar-refractivity contribution is 6.18. The van der Waals surface area contributed by atoms with Crippen molar-refractivity contribution >= 4 is 17.5 Å². The average molecular weight is 180 g/mol. The van der Waals surface area contributed by atoms with Gasteiger partial charge in [0.1, 0.15) is 0 Å². The van der Waals surface area contributed by atoms with Crippen LogP contribution in [-0.4, -0.2) is 30.0 Å². The molecule has 0 fully saturated rings. The second kappa shape index (κ2) is 7.82. The van der Waals surface area contributed by atoms with Crippen molar-refractivity contribution in [3.8, 4) is 0 Å². The Hall–Kier alpha value is -0.280. The number of unbranched alkanes of at least 4 members (excludes halogenated alkanes) is 1. The second-order valence-electron chi connectivity index (χ2n) is 2.22. The van der Waals surface area contributed by atoms with Gasteiger partial charge in [-0.05, 0) is 12.8 Å². The molecule has 0 radical (unpaired) electrons. The van der Waals surface area contributed by atoms with Crippen LogP contribution in [0.5, 0.6) is 0 Å². The summed E-state index contributed by atoms with van der Waals surface area (Å²) in [6.45, 7) is 0.821. The van der Waals surface area contributed by atoms with Crippen LogP contribution in [-0.2, 0) is 4.79 Å². The van der Waals surface area contributed by atoms with Crippen molar-refractivity contribution in [1.82, 2.24) is 5.32 Å². The Morgan fingerprint density at radius 3 is 2.73 bits per heavy atom. The third-order valence-electron chi connectivity index (χ3n) is 1.23. The number of carbonyl (C=O) groups excluding carboxylic acids is 1. The number of nitrogens with one attached hydrogen (secondary N) is 1. The average Bonchev–Trinajstić information content (AvgIpc) is 1.99. The van der Waals surface area contributed by atoms with Gasteiger partial charge in [0.25, 0.3) is 0 Å². The zero-order valence-electron chi connectivity index (χ0n) is 6.48. The van der Waals surface area contributed by atoms with Crippen LogP contribution in [0.3, 0.4) is 0 Å². The molecule has 0 saturated heterocycles. The normalized spacial score (nSPS) is 9.64. The Labute approximate surface area is 71.7 Å². The zero-order chi connectivity index (χ0) is 8.53. The maximum atomic E-state index is 10.7. The molecule has 0 heterocycles. The first-order valence-corrected chi connectivity index (χ1v) is 4.28. The molecule has 0 atom stereocenters. The monoisotopic (exact) mass is 179 g/mol. The summed E-state index contributed by atoms with van der Waals surface area (Å²) in [7, 11) is 0. The van der Waals surface area contributed by atoms with E-state index in [0.717, 1.165) is 12.8 Å². The number of carbonyl (C=O) groups is 1. The fourth-order valence-electron chi connectivity index (χ4n) is 0.639. The highest BCUT2D eigenvalue weighted by Gasteiger charge is 1.96. The minimum atomic E-state index is -0.0158. The SMILES string of the molecule is O=C(CCCl)NCCCCO. The standard InChI is InChI=1S/C7H14ClNO2/c8-4-3-7(11)9-5-1-2-6-10/h10H,1-6H2,(H,9,11). The van der Waals surface area contributed by atoms with Crippen LogP contribution in [0.15, 0.2) is 0 Å². The molecule has 0 bridgehead atoms. The third-order valence-corrected chi connectivity index (χ3v) is 1.42. The summed E-state index contributed by atoms with van der Waals surface area (Å²) in [6.07, 6.45) is 1.94. The van der Waals surface area contributed by atoms with Crippen LogP contribution in [0.25, 0.3) is 0 Å². The number of hydrogen-bond acceptors (Lipinski definition) is 2. The first-order valence-electron chi connectivity index (χ1n) is 3.74. The van der Waals surface area contributed by atoms with E-state index in [1.807, 2.05) is 0 Å². The fraction of sp³-hybridized carbons (Fsp3) is 0.857. The predicted molar refractivity (Wildman–Crippen MR) is 44.7 cm³/mol. The summed E-state index contributed by atoms with van der Waals surface area (Å²) in [5.41, 5.74) is 0. The van der Waals surface area contributed by atoms with Crippen molar-refractivity contribution in [2.24, 2.45) is 0 Å². The molecule has 11 heavy (non-hydrogen) atoms. The van der Waals surface area contributed by atoms with Crippen LogP contribution < -0.4 is 5.32 Å². The van der Waals surface area contributed by atoms with Crippen LogP contribution in [0.2, 0.25) is 0 Å². The molecule has 0 aromatic rings. The van der Waals surface area contributed by atoms with E-state index >= 15 is 0 Å². The lowest BCUT2D eigenvalue weighted by atomic mass is 10.3. The van der Waals surface area contributed by atoms with E-state index in [4.69, 9.17) is 16.7 Å². The smallest absolute Gasteiger partial charge is 0.221 e. The Morgan fingerprint density at radius 2 is 2.18 bits per heavy atom. The molecule has 1 amide bonds. The molecule has 0 aliphatic rings. The van der Waals surface area contributed by atoms with Gasteiger partial charge in [0.05, 0.1) is 0 Å². The van der Waals surface area contributed by atoms with Crippen molar-refractivity contribution in [3.63, 3.8) is 0 Å². The van der Waals surface area contributed by atoms with Gasteiger partial charge >= 0.3 is 0 Å². The van der Waals surface area contributed by atoms with Gasteiger partial charge in [0.15, 0.2) is 0 Å². The zero-order valence-corrected chi connectivity index (χ0v) is 7.23. The van der Waals surface area contributed by atoms with Crippen LogP contribution in [0, 0.1) is 0 Å². The molecule has 0 spiro atoms. The van der Waals surface area contributed by atoms with E-state index in [0.29, 0.717) is 18.8 Å². The maximum absolute atomic E-state index is 10.7. The molecule has 0 saturated carbocycles. The van der Waals surface area contributed by atoms with Gasteiger partial charge in [0.2, 0.25) is 5.91 Å². The Kier molecular flexibility index (Phi) is 7.62. The van der Waals surface area contributed by atoms with E-state index in [-0.39, 0.29) is 12.5 Å². The summed E-state index contributed by atoms with van der Waals surface area (Å²) < 4.78 is 0. The summed E-state index contributed by atoms with van der Waals surface area (Å²) in [6, 6.07) is 0. The molecular formula is C7H14ClNO2. The maximum Gasteiger partial charge on any atom is 0.221 e.